The molecule has 1 fully saturated rings. The number of carbonyl (C=O) groups is 1. The van der Waals surface area contributed by atoms with Crippen molar-refractivity contribution < 1.29 is 9.53 Å². The molecule has 2 aromatic rings. The van der Waals surface area contributed by atoms with Gasteiger partial charge in [0.25, 0.3) is 0 Å². The van der Waals surface area contributed by atoms with Gasteiger partial charge in [-0.15, -0.1) is 0 Å². The average molecular weight is 343 g/mol. The zero-order valence-electron chi connectivity index (χ0n) is 13.7. The quantitative estimate of drug-likeness (QED) is 0.925. The van der Waals surface area contributed by atoms with Gasteiger partial charge in [0.2, 0.25) is 5.91 Å². The predicted octanol–water partition coefficient (Wildman–Crippen LogP) is 3.62. The van der Waals surface area contributed by atoms with Crippen molar-refractivity contribution >= 4 is 28.2 Å². The van der Waals surface area contributed by atoms with Crippen molar-refractivity contribution in [3.05, 3.63) is 34.7 Å². The van der Waals surface area contributed by atoms with Gasteiger partial charge in [0.15, 0.2) is 5.13 Å². The third-order valence-corrected chi connectivity index (χ3v) is 5.98. The summed E-state index contributed by atoms with van der Waals surface area (Å²) < 4.78 is 5.51. The summed E-state index contributed by atoms with van der Waals surface area (Å²) in [5, 5.41) is 3.98. The van der Waals surface area contributed by atoms with Crippen LogP contribution in [0.5, 0.6) is 5.75 Å². The first kappa shape index (κ1) is 15.4. The van der Waals surface area contributed by atoms with Crippen molar-refractivity contribution in [2.24, 2.45) is 0 Å². The van der Waals surface area contributed by atoms with Crippen LogP contribution >= 0.6 is 11.3 Å². The molecule has 0 bridgehead atoms. The summed E-state index contributed by atoms with van der Waals surface area (Å²) in [5.74, 6) is 1.60. The maximum Gasteiger partial charge on any atom is 0.226 e. The third kappa shape index (κ3) is 2.75. The first-order chi connectivity index (χ1) is 11.8. The van der Waals surface area contributed by atoms with Crippen LogP contribution in [0.1, 0.15) is 42.0 Å². The molecular weight excluding hydrogens is 322 g/mol. The monoisotopic (exact) mass is 343 g/mol. The van der Waals surface area contributed by atoms with E-state index in [0.29, 0.717) is 6.42 Å². The molecule has 1 aromatic heterocycles. The second-order valence-corrected chi connectivity index (χ2v) is 7.31. The van der Waals surface area contributed by atoms with Crippen LogP contribution in [0.4, 0.5) is 10.9 Å². The number of hydrogen-bond acceptors (Lipinski definition) is 5. The van der Waals surface area contributed by atoms with Crippen molar-refractivity contribution in [2.45, 2.75) is 31.6 Å². The molecule has 2 aliphatic heterocycles. The maximum absolute atomic E-state index is 12.2. The number of hydrogen-bond donors (Lipinski definition) is 1. The third-order valence-electron chi connectivity index (χ3n) is 4.75. The van der Waals surface area contributed by atoms with Gasteiger partial charge in [0.05, 0.1) is 12.0 Å². The second kappa shape index (κ2) is 6.43. The highest BCUT2D eigenvalue weighted by Gasteiger charge is 2.32. The lowest BCUT2D eigenvalue weighted by Crippen LogP contribution is -2.29. The van der Waals surface area contributed by atoms with Crippen LogP contribution in [0.2, 0.25) is 0 Å². The number of piperidine rings is 1. The van der Waals surface area contributed by atoms with Crippen LogP contribution in [-0.4, -0.2) is 31.1 Å². The normalized spacial score (nSPS) is 20.5. The number of para-hydroxylation sites is 1. The summed E-state index contributed by atoms with van der Waals surface area (Å²) in [7, 11) is 1.68. The number of rotatable bonds is 3. The number of nitrogens with zero attached hydrogens (tertiary/aromatic N) is 2. The number of amides is 1. The number of benzene rings is 1. The van der Waals surface area contributed by atoms with E-state index in [1.807, 2.05) is 24.3 Å². The van der Waals surface area contributed by atoms with Crippen molar-refractivity contribution in [3.63, 3.8) is 0 Å². The van der Waals surface area contributed by atoms with Crippen molar-refractivity contribution in [1.82, 2.24) is 4.98 Å². The number of anilines is 2. The summed E-state index contributed by atoms with van der Waals surface area (Å²) in [6.07, 6.45) is 4.16. The first-order valence-electron chi connectivity index (χ1n) is 8.44. The van der Waals surface area contributed by atoms with Crippen molar-refractivity contribution in [1.29, 1.82) is 0 Å². The summed E-state index contributed by atoms with van der Waals surface area (Å²) in [5.41, 5.74) is 1.06. The predicted molar refractivity (Wildman–Crippen MR) is 96.3 cm³/mol. The van der Waals surface area contributed by atoms with Gasteiger partial charge in [-0.1, -0.05) is 29.5 Å². The number of methoxy groups -OCH3 is 1. The Labute approximate surface area is 145 Å². The van der Waals surface area contributed by atoms with E-state index in [0.717, 1.165) is 40.2 Å². The van der Waals surface area contributed by atoms with Crippen LogP contribution in [0, 0.1) is 0 Å². The lowest BCUT2D eigenvalue weighted by Gasteiger charge is -2.25. The largest absolute Gasteiger partial charge is 0.496 e. The van der Waals surface area contributed by atoms with E-state index in [9.17, 15) is 4.79 Å². The molecule has 6 heteroatoms. The molecule has 1 aromatic carbocycles. The van der Waals surface area contributed by atoms with Gasteiger partial charge in [0.1, 0.15) is 11.6 Å². The van der Waals surface area contributed by atoms with Crippen LogP contribution in [0.25, 0.3) is 0 Å². The molecule has 5 nitrogen and oxygen atoms in total. The van der Waals surface area contributed by atoms with Gasteiger partial charge in [-0.25, -0.2) is 4.98 Å². The Bertz CT molecular complexity index is 752. The van der Waals surface area contributed by atoms with Gasteiger partial charge in [0, 0.05) is 31.0 Å². The Kier molecular flexibility index (Phi) is 4.14. The Morgan fingerprint density at radius 2 is 2.04 bits per heavy atom. The smallest absolute Gasteiger partial charge is 0.226 e. The van der Waals surface area contributed by atoms with E-state index in [1.54, 1.807) is 18.4 Å². The number of fused-ring (bicyclic) bond motifs is 1. The summed E-state index contributed by atoms with van der Waals surface area (Å²) in [6, 6.07) is 7.95. The minimum atomic E-state index is 0.0148. The van der Waals surface area contributed by atoms with Crippen LogP contribution in [-0.2, 0) is 4.79 Å². The highest BCUT2D eigenvalue weighted by atomic mass is 32.1. The Balaban J connectivity index is 1.73. The SMILES string of the molecule is COc1ccccc1C1CC(=O)Nc2nc(N3CCCCC3)sc21. The summed E-state index contributed by atoms with van der Waals surface area (Å²) in [4.78, 5) is 20.4. The molecule has 3 heterocycles. The van der Waals surface area contributed by atoms with E-state index in [2.05, 4.69) is 10.2 Å². The Hall–Kier alpha value is -2.08. The topological polar surface area (TPSA) is 54.5 Å². The number of ether oxygens (including phenoxy) is 1. The molecule has 126 valence electrons. The van der Waals surface area contributed by atoms with E-state index in [-0.39, 0.29) is 11.8 Å². The molecule has 24 heavy (non-hydrogen) atoms. The lowest BCUT2D eigenvalue weighted by atomic mass is 9.91. The first-order valence-corrected chi connectivity index (χ1v) is 9.26. The van der Waals surface area contributed by atoms with Crippen LogP contribution in [0.15, 0.2) is 24.3 Å². The fourth-order valence-corrected chi connectivity index (χ4v) is 4.72. The van der Waals surface area contributed by atoms with Crippen molar-refractivity contribution in [3.8, 4) is 5.75 Å². The molecule has 4 rings (SSSR count). The molecule has 0 saturated carbocycles. The molecule has 1 unspecified atom stereocenters. The number of carbonyl (C=O) groups excluding carboxylic acids is 1. The zero-order chi connectivity index (χ0) is 16.5. The number of thiazole rings is 1. The van der Waals surface area contributed by atoms with E-state index >= 15 is 0 Å². The lowest BCUT2D eigenvalue weighted by molar-refractivity contribution is -0.116. The number of nitrogens with one attached hydrogen (secondary N) is 1. The molecule has 1 saturated heterocycles. The highest BCUT2D eigenvalue weighted by Crippen LogP contribution is 2.45. The summed E-state index contributed by atoms with van der Waals surface area (Å²) >= 11 is 1.71. The van der Waals surface area contributed by atoms with Gasteiger partial charge in [-0.2, -0.15) is 0 Å². The minimum Gasteiger partial charge on any atom is -0.496 e. The van der Waals surface area contributed by atoms with Crippen LogP contribution in [0.3, 0.4) is 0 Å². The molecule has 1 atom stereocenters. The van der Waals surface area contributed by atoms with E-state index < -0.39 is 0 Å². The molecule has 1 amide bonds. The van der Waals surface area contributed by atoms with Crippen molar-refractivity contribution in [2.75, 3.05) is 30.4 Å². The number of aromatic nitrogens is 1. The molecule has 1 N–H and O–H groups in total. The molecule has 0 aliphatic carbocycles. The van der Waals surface area contributed by atoms with Gasteiger partial charge in [-0.3, -0.25) is 4.79 Å². The minimum absolute atomic E-state index is 0.0148. The fourth-order valence-electron chi connectivity index (χ4n) is 3.53. The molecular formula is C18H21N3O2S. The Morgan fingerprint density at radius 1 is 1.25 bits per heavy atom. The van der Waals surface area contributed by atoms with E-state index in [4.69, 9.17) is 9.72 Å². The highest BCUT2D eigenvalue weighted by molar-refractivity contribution is 7.16. The molecule has 0 radical (unpaired) electrons. The average Bonchev–Trinajstić information content (AvgIpc) is 3.05. The van der Waals surface area contributed by atoms with Gasteiger partial charge in [-0.05, 0) is 25.3 Å². The maximum atomic E-state index is 12.2. The Morgan fingerprint density at radius 3 is 2.83 bits per heavy atom. The second-order valence-electron chi connectivity index (χ2n) is 6.30. The van der Waals surface area contributed by atoms with E-state index in [1.165, 1.54) is 19.3 Å². The van der Waals surface area contributed by atoms with Gasteiger partial charge >= 0.3 is 0 Å². The molecule has 0 spiro atoms. The standard InChI is InChI=1S/C18H21N3O2S/c1-23-14-8-4-3-7-12(14)13-11-15(22)19-17-16(13)24-18(20-17)21-9-5-2-6-10-21/h3-4,7-8,13H,2,5-6,9-11H2,1H3,(H,19,22). The summed E-state index contributed by atoms with van der Waals surface area (Å²) in [6.45, 7) is 2.11. The van der Waals surface area contributed by atoms with Crippen LogP contribution < -0.4 is 15.0 Å². The fraction of sp³-hybridized carbons (Fsp3) is 0.444. The molecule has 2 aliphatic rings. The zero-order valence-corrected chi connectivity index (χ0v) is 14.6. The van der Waals surface area contributed by atoms with Gasteiger partial charge < -0.3 is 15.0 Å².